The molecule has 130 valence electrons. The molecule has 1 N–H and O–H groups in total. The number of fused-ring (bicyclic) bond motifs is 1. The summed E-state index contributed by atoms with van der Waals surface area (Å²) in [4.78, 5) is 20.8. The lowest BCUT2D eigenvalue weighted by atomic mass is 9.86. The van der Waals surface area contributed by atoms with Crippen molar-refractivity contribution in [1.82, 2.24) is 24.9 Å². The molecular weight excluding hydrogens is 314 g/mol. The van der Waals surface area contributed by atoms with Crippen LogP contribution >= 0.6 is 0 Å². The number of nitrogens with one attached hydrogen (secondary N) is 1. The zero-order valence-corrected chi connectivity index (χ0v) is 15.0. The van der Waals surface area contributed by atoms with Crippen LogP contribution in [0.15, 0.2) is 42.7 Å². The fourth-order valence-electron chi connectivity index (χ4n) is 2.69. The molecule has 2 aromatic heterocycles. The fourth-order valence-corrected chi connectivity index (χ4v) is 2.69. The molecule has 0 unspecified atom stereocenters. The van der Waals surface area contributed by atoms with Gasteiger partial charge in [0, 0.05) is 12.4 Å². The standard InChI is InChI=1S/C19H23N5O/c1-5-15(13-7-9-14(10-8-13)19(2,3)4)21-17(25)16-22-18-20-11-6-12-24(18)23-16/h6-12,15H,5H2,1-4H3,(H,21,25)/t15-/m1/s1. The second-order valence-corrected chi connectivity index (χ2v) is 7.11. The van der Waals surface area contributed by atoms with Crippen molar-refractivity contribution in [2.75, 3.05) is 0 Å². The fraction of sp³-hybridized carbons (Fsp3) is 0.368. The van der Waals surface area contributed by atoms with Gasteiger partial charge in [-0.3, -0.25) is 4.79 Å². The van der Waals surface area contributed by atoms with Gasteiger partial charge >= 0.3 is 0 Å². The van der Waals surface area contributed by atoms with Crippen LogP contribution in [0.5, 0.6) is 0 Å². The van der Waals surface area contributed by atoms with E-state index in [9.17, 15) is 4.79 Å². The number of carbonyl (C=O) groups excluding carboxylic acids is 1. The van der Waals surface area contributed by atoms with Crippen molar-refractivity contribution in [2.45, 2.75) is 45.6 Å². The Kier molecular flexibility index (Phi) is 4.53. The summed E-state index contributed by atoms with van der Waals surface area (Å²) < 4.78 is 1.49. The smallest absolute Gasteiger partial charge is 0.291 e. The van der Waals surface area contributed by atoms with E-state index in [-0.39, 0.29) is 23.2 Å². The lowest BCUT2D eigenvalue weighted by Gasteiger charge is -2.21. The predicted octanol–water partition coefficient (Wildman–Crippen LogP) is 3.30. The van der Waals surface area contributed by atoms with Crippen molar-refractivity contribution in [3.63, 3.8) is 0 Å². The van der Waals surface area contributed by atoms with Crippen molar-refractivity contribution in [3.05, 3.63) is 59.7 Å². The van der Waals surface area contributed by atoms with Crippen LogP contribution in [0.4, 0.5) is 0 Å². The number of rotatable bonds is 4. The van der Waals surface area contributed by atoms with Gasteiger partial charge in [0.25, 0.3) is 11.7 Å². The number of benzene rings is 1. The highest BCUT2D eigenvalue weighted by molar-refractivity contribution is 5.91. The van der Waals surface area contributed by atoms with Crippen LogP contribution in [0.2, 0.25) is 0 Å². The number of hydrogen-bond acceptors (Lipinski definition) is 4. The molecule has 0 saturated heterocycles. The molecule has 6 heteroatoms. The van der Waals surface area contributed by atoms with Gasteiger partial charge in [-0.2, -0.15) is 4.98 Å². The van der Waals surface area contributed by atoms with E-state index in [0.717, 1.165) is 12.0 Å². The maximum Gasteiger partial charge on any atom is 0.291 e. The summed E-state index contributed by atoms with van der Waals surface area (Å²) in [5.74, 6) is 0.246. The van der Waals surface area contributed by atoms with Gasteiger partial charge in [0.1, 0.15) is 0 Å². The third kappa shape index (κ3) is 3.68. The molecule has 25 heavy (non-hydrogen) atoms. The van der Waals surface area contributed by atoms with E-state index in [1.165, 1.54) is 10.1 Å². The summed E-state index contributed by atoms with van der Waals surface area (Å²) in [6.45, 7) is 8.60. The van der Waals surface area contributed by atoms with Crippen LogP contribution in [0.3, 0.4) is 0 Å². The van der Waals surface area contributed by atoms with E-state index in [1.807, 2.05) is 6.92 Å². The van der Waals surface area contributed by atoms with Gasteiger partial charge in [0.15, 0.2) is 0 Å². The summed E-state index contributed by atoms with van der Waals surface area (Å²) in [5.41, 5.74) is 2.45. The minimum Gasteiger partial charge on any atom is -0.342 e. The number of amides is 1. The Morgan fingerprint density at radius 2 is 1.96 bits per heavy atom. The molecule has 6 nitrogen and oxygen atoms in total. The normalized spacial score (nSPS) is 13.0. The molecule has 1 atom stereocenters. The van der Waals surface area contributed by atoms with Gasteiger partial charge in [-0.25, -0.2) is 9.50 Å². The van der Waals surface area contributed by atoms with Crippen molar-refractivity contribution in [2.24, 2.45) is 0 Å². The Morgan fingerprint density at radius 3 is 2.56 bits per heavy atom. The SMILES string of the molecule is CC[C@@H](NC(=O)c1nc2ncccn2n1)c1ccc(C(C)(C)C)cc1. The topological polar surface area (TPSA) is 72.2 Å². The van der Waals surface area contributed by atoms with Crippen LogP contribution in [0, 0.1) is 0 Å². The highest BCUT2D eigenvalue weighted by atomic mass is 16.2. The zero-order valence-electron chi connectivity index (χ0n) is 15.0. The third-order valence-electron chi connectivity index (χ3n) is 4.21. The second kappa shape index (κ2) is 6.63. The Hall–Kier alpha value is -2.76. The number of nitrogens with zero attached hydrogens (tertiary/aromatic N) is 4. The molecule has 0 fully saturated rings. The minimum absolute atomic E-state index is 0.0823. The van der Waals surface area contributed by atoms with Crippen LogP contribution in [-0.4, -0.2) is 25.5 Å². The molecule has 3 rings (SSSR count). The molecule has 0 radical (unpaired) electrons. The van der Waals surface area contributed by atoms with E-state index in [4.69, 9.17) is 0 Å². The van der Waals surface area contributed by atoms with E-state index >= 15 is 0 Å². The quantitative estimate of drug-likeness (QED) is 0.793. The molecule has 0 aliphatic rings. The van der Waals surface area contributed by atoms with Crippen LogP contribution < -0.4 is 5.32 Å². The molecule has 0 spiro atoms. The summed E-state index contributed by atoms with van der Waals surface area (Å²) in [6.07, 6.45) is 4.12. The van der Waals surface area contributed by atoms with Gasteiger partial charge in [0.05, 0.1) is 6.04 Å². The van der Waals surface area contributed by atoms with Crippen LogP contribution in [0.25, 0.3) is 5.78 Å². The number of hydrogen-bond donors (Lipinski definition) is 1. The molecule has 0 aliphatic carbocycles. The van der Waals surface area contributed by atoms with Crippen molar-refractivity contribution in [1.29, 1.82) is 0 Å². The molecule has 1 aromatic carbocycles. The first kappa shape index (κ1) is 17.1. The molecule has 2 heterocycles. The first-order valence-electron chi connectivity index (χ1n) is 8.47. The molecule has 0 aliphatic heterocycles. The molecular formula is C19H23N5O. The largest absolute Gasteiger partial charge is 0.342 e. The van der Waals surface area contributed by atoms with E-state index in [2.05, 4.69) is 65.4 Å². The Morgan fingerprint density at radius 1 is 1.24 bits per heavy atom. The lowest BCUT2D eigenvalue weighted by Crippen LogP contribution is -2.29. The first-order chi connectivity index (χ1) is 11.9. The third-order valence-corrected chi connectivity index (χ3v) is 4.21. The number of aromatic nitrogens is 4. The van der Waals surface area contributed by atoms with E-state index in [0.29, 0.717) is 5.78 Å². The van der Waals surface area contributed by atoms with Crippen molar-refractivity contribution >= 4 is 11.7 Å². The Balaban J connectivity index is 1.78. The van der Waals surface area contributed by atoms with Crippen molar-refractivity contribution in [3.8, 4) is 0 Å². The van der Waals surface area contributed by atoms with Gasteiger partial charge in [-0.1, -0.05) is 52.0 Å². The Labute approximate surface area is 147 Å². The molecule has 0 saturated carbocycles. The summed E-state index contributed by atoms with van der Waals surface area (Å²) in [5, 5.41) is 7.18. The highest BCUT2D eigenvalue weighted by Crippen LogP contribution is 2.25. The van der Waals surface area contributed by atoms with Gasteiger partial charge < -0.3 is 5.32 Å². The maximum atomic E-state index is 12.5. The molecule has 0 bridgehead atoms. The predicted molar refractivity (Wildman–Crippen MR) is 96.4 cm³/mol. The average Bonchev–Trinajstić information content (AvgIpc) is 3.03. The average molecular weight is 337 g/mol. The van der Waals surface area contributed by atoms with Gasteiger partial charge in [-0.15, -0.1) is 5.10 Å². The zero-order chi connectivity index (χ0) is 18.0. The van der Waals surface area contributed by atoms with E-state index in [1.54, 1.807) is 18.5 Å². The van der Waals surface area contributed by atoms with Crippen molar-refractivity contribution < 1.29 is 4.79 Å². The highest BCUT2D eigenvalue weighted by Gasteiger charge is 2.19. The van der Waals surface area contributed by atoms with Crippen LogP contribution in [-0.2, 0) is 5.41 Å². The number of carbonyl (C=O) groups is 1. The van der Waals surface area contributed by atoms with E-state index < -0.39 is 0 Å². The molecule has 1 amide bonds. The lowest BCUT2D eigenvalue weighted by molar-refractivity contribution is 0.0925. The molecule has 3 aromatic rings. The van der Waals surface area contributed by atoms with Crippen LogP contribution in [0.1, 0.15) is 61.9 Å². The first-order valence-corrected chi connectivity index (χ1v) is 8.47. The maximum absolute atomic E-state index is 12.5. The second-order valence-electron chi connectivity index (χ2n) is 7.11. The monoisotopic (exact) mass is 337 g/mol. The van der Waals surface area contributed by atoms with Gasteiger partial charge in [-0.05, 0) is 29.0 Å². The Bertz CT molecular complexity index is 844. The summed E-state index contributed by atoms with van der Waals surface area (Å²) >= 11 is 0. The summed E-state index contributed by atoms with van der Waals surface area (Å²) in [7, 11) is 0. The minimum atomic E-state index is -0.294. The summed E-state index contributed by atoms with van der Waals surface area (Å²) in [6, 6.07) is 10.1. The van der Waals surface area contributed by atoms with Gasteiger partial charge in [0.2, 0.25) is 5.82 Å².